The van der Waals surface area contributed by atoms with Crippen molar-refractivity contribution in [3.05, 3.63) is 0 Å². The summed E-state index contributed by atoms with van der Waals surface area (Å²) in [6, 6.07) is 0. The molecule has 0 spiro atoms. The normalized spacial score (nSPS) is 17.7. The van der Waals surface area contributed by atoms with Crippen LogP contribution in [-0.2, 0) is 9.53 Å². The van der Waals surface area contributed by atoms with Crippen LogP contribution in [0.3, 0.4) is 0 Å². The maximum absolute atomic E-state index is 11.3. The van der Waals surface area contributed by atoms with Gasteiger partial charge in [-0.1, -0.05) is 0 Å². The summed E-state index contributed by atoms with van der Waals surface area (Å²) in [5, 5.41) is 2.93. The lowest BCUT2D eigenvalue weighted by Gasteiger charge is -2.21. The number of amides is 1. The number of rotatable bonds is 6. The maximum atomic E-state index is 11.3. The summed E-state index contributed by atoms with van der Waals surface area (Å²) in [5.74, 6) is 0.862. The van der Waals surface area contributed by atoms with E-state index in [2.05, 4.69) is 5.32 Å². The number of hydrogen-bond acceptors (Lipinski definition) is 3. The van der Waals surface area contributed by atoms with Crippen molar-refractivity contribution in [3.8, 4) is 0 Å². The second-order valence-electron chi connectivity index (χ2n) is 4.09. The van der Waals surface area contributed by atoms with Crippen LogP contribution in [0.2, 0.25) is 0 Å². The Bertz CT molecular complexity index is 179. The van der Waals surface area contributed by atoms with Gasteiger partial charge in [0.2, 0.25) is 5.91 Å². The number of hydrogen-bond donors (Lipinski definition) is 2. The molecule has 1 rings (SSSR count). The average molecular weight is 214 g/mol. The van der Waals surface area contributed by atoms with Crippen molar-refractivity contribution in [3.63, 3.8) is 0 Å². The number of ether oxygens (including phenoxy) is 1. The van der Waals surface area contributed by atoms with Gasteiger partial charge in [-0.2, -0.15) is 0 Å². The van der Waals surface area contributed by atoms with Crippen LogP contribution >= 0.6 is 0 Å². The lowest BCUT2D eigenvalue weighted by Crippen LogP contribution is -2.27. The predicted molar refractivity (Wildman–Crippen MR) is 59.5 cm³/mol. The molecule has 0 radical (unpaired) electrons. The van der Waals surface area contributed by atoms with Crippen LogP contribution in [0.5, 0.6) is 0 Å². The third-order valence-electron chi connectivity index (χ3n) is 2.82. The van der Waals surface area contributed by atoms with Crippen LogP contribution in [0.15, 0.2) is 0 Å². The van der Waals surface area contributed by atoms with E-state index in [9.17, 15) is 4.79 Å². The third-order valence-corrected chi connectivity index (χ3v) is 2.82. The highest BCUT2D eigenvalue weighted by atomic mass is 16.5. The minimum Gasteiger partial charge on any atom is -0.381 e. The van der Waals surface area contributed by atoms with Crippen LogP contribution in [0, 0.1) is 5.92 Å². The molecule has 0 saturated carbocycles. The minimum atomic E-state index is 0.132. The summed E-state index contributed by atoms with van der Waals surface area (Å²) in [5.41, 5.74) is 5.33. The van der Waals surface area contributed by atoms with Crippen LogP contribution in [-0.4, -0.2) is 32.2 Å². The van der Waals surface area contributed by atoms with Crippen LogP contribution in [0.25, 0.3) is 0 Å². The molecule has 1 heterocycles. The van der Waals surface area contributed by atoms with E-state index >= 15 is 0 Å². The topological polar surface area (TPSA) is 64.4 Å². The van der Waals surface area contributed by atoms with Crippen molar-refractivity contribution in [2.45, 2.75) is 32.1 Å². The zero-order valence-electron chi connectivity index (χ0n) is 9.34. The zero-order chi connectivity index (χ0) is 10.9. The van der Waals surface area contributed by atoms with E-state index in [0.29, 0.717) is 13.0 Å². The first-order valence-corrected chi connectivity index (χ1v) is 5.87. The first-order valence-electron chi connectivity index (χ1n) is 5.87. The molecule has 1 fully saturated rings. The standard InChI is InChI=1S/C11H22N2O2/c12-6-1-2-11(14)13-7-3-10-4-8-15-9-5-10/h10H,1-9,12H2,(H,13,14). The summed E-state index contributed by atoms with van der Waals surface area (Å²) >= 11 is 0. The smallest absolute Gasteiger partial charge is 0.220 e. The first-order chi connectivity index (χ1) is 7.33. The number of nitrogens with one attached hydrogen (secondary N) is 1. The Balaban J connectivity index is 1.97. The summed E-state index contributed by atoms with van der Waals surface area (Å²) in [6.45, 7) is 3.15. The largest absolute Gasteiger partial charge is 0.381 e. The van der Waals surface area contributed by atoms with Gasteiger partial charge in [-0.3, -0.25) is 4.79 Å². The van der Waals surface area contributed by atoms with E-state index in [4.69, 9.17) is 10.5 Å². The van der Waals surface area contributed by atoms with Gasteiger partial charge in [0.25, 0.3) is 0 Å². The fourth-order valence-electron chi connectivity index (χ4n) is 1.80. The molecule has 0 aromatic heterocycles. The second kappa shape index (κ2) is 7.65. The van der Waals surface area contributed by atoms with E-state index in [1.54, 1.807) is 0 Å². The molecule has 0 bridgehead atoms. The average Bonchev–Trinajstić information content (AvgIpc) is 2.28. The third kappa shape index (κ3) is 5.74. The lowest BCUT2D eigenvalue weighted by molar-refractivity contribution is -0.121. The molecule has 1 saturated heterocycles. The number of carbonyl (C=O) groups excluding carboxylic acids is 1. The quantitative estimate of drug-likeness (QED) is 0.682. The number of nitrogens with two attached hydrogens (primary N) is 1. The van der Waals surface area contributed by atoms with Gasteiger partial charge in [-0.15, -0.1) is 0 Å². The molecule has 15 heavy (non-hydrogen) atoms. The van der Waals surface area contributed by atoms with E-state index < -0.39 is 0 Å². The highest BCUT2D eigenvalue weighted by Gasteiger charge is 2.13. The molecule has 0 aliphatic carbocycles. The van der Waals surface area contributed by atoms with Crippen molar-refractivity contribution in [2.24, 2.45) is 11.7 Å². The van der Waals surface area contributed by atoms with Gasteiger partial charge < -0.3 is 15.8 Å². The van der Waals surface area contributed by atoms with E-state index in [-0.39, 0.29) is 5.91 Å². The van der Waals surface area contributed by atoms with Crippen molar-refractivity contribution in [2.75, 3.05) is 26.3 Å². The molecule has 0 atom stereocenters. The fraction of sp³-hybridized carbons (Fsp3) is 0.909. The highest BCUT2D eigenvalue weighted by molar-refractivity contribution is 5.75. The maximum Gasteiger partial charge on any atom is 0.220 e. The minimum absolute atomic E-state index is 0.132. The van der Waals surface area contributed by atoms with Gasteiger partial charge in [0.15, 0.2) is 0 Å². The van der Waals surface area contributed by atoms with Crippen molar-refractivity contribution < 1.29 is 9.53 Å². The molecule has 0 aromatic carbocycles. The Labute approximate surface area is 91.5 Å². The molecular formula is C11H22N2O2. The summed E-state index contributed by atoms with van der Waals surface area (Å²) in [6.07, 6.45) is 4.70. The fourth-order valence-corrected chi connectivity index (χ4v) is 1.80. The molecule has 0 aromatic rings. The Hall–Kier alpha value is -0.610. The summed E-state index contributed by atoms with van der Waals surface area (Å²) in [4.78, 5) is 11.3. The molecule has 88 valence electrons. The molecular weight excluding hydrogens is 192 g/mol. The first kappa shape index (κ1) is 12.5. The molecule has 4 nitrogen and oxygen atoms in total. The SMILES string of the molecule is NCCCC(=O)NCCC1CCOCC1. The zero-order valence-corrected chi connectivity index (χ0v) is 9.34. The van der Waals surface area contributed by atoms with Crippen molar-refractivity contribution in [1.82, 2.24) is 5.32 Å². The van der Waals surface area contributed by atoms with E-state index in [1.165, 1.54) is 0 Å². The monoisotopic (exact) mass is 214 g/mol. The second-order valence-corrected chi connectivity index (χ2v) is 4.09. The molecule has 1 aliphatic rings. The van der Waals surface area contributed by atoms with Crippen LogP contribution in [0.1, 0.15) is 32.1 Å². The van der Waals surface area contributed by atoms with Gasteiger partial charge in [-0.25, -0.2) is 0 Å². The van der Waals surface area contributed by atoms with Gasteiger partial charge in [-0.05, 0) is 38.1 Å². The van der Waals surface area contributed by atoms with Gasteiger partial charge >= 0.3 is 0 Å². The molecule has 4 heteroatoms. The highest BCUT2D eigenvalue weighted by Crippen LogP contribution is 2.17. The van der Waals surface area contributed by atoms with E-state index in [0.717, 1.165) is 51.4 Å². The van der Waals surface area contributed by atoms with Crippen molar-refractivity contribution >= 4 is 5.91 Å². The Morgan fingerprint density at radius 1 is 1.40 bits per heavy atom. The van der Waals surface area contributed by atoms with Crippen molar-refractivity contribution in [1.29, 1.82) is 0 Å². The molecule has 1 aliphatic heterocycles. The molecule has 0 unspecified atom stereocenters. The van der Waals surface area contributed by atoms with Gasteiger partial charge in [0, 0.05) is 26.2 Å². The van der Waals surface area contributed by atoms with Gasteiger partial charge in [0.1, 0.15) is 0 Å². The summed E-state index contributed by atoms with van der Waals surface area (Å²) < 4.78 is 5.28. The van der Waals surface area contributed by atoms with Crippen LogP contribution in [0.4, 0.5) is 0 Å². The van der Waals surface area contributed by atoms with Crippen LogP contribution < -0.4 is 11.1 Å². The molecule has 3 N–H and O–H groups in total. The predicted octanol–water partition coefficient (Wildman–Crippen LogP) is 0.658. The lowest BCUT2D eigenvalue weighted by atomic mass is 9.97. The van der Waals surface area contributed by atoms with Gasteiger partial charge in [0.05, 0.1) is 0 Å². The van der Waals surface area contributed by atoms with E-state index in [1.807, 2.05) is 0 Å². The Morgan fingerprint density at radius 3 is 2.80 bits per heavy atom. The number of carbonyl (C=O) groups is 1. The summed E-state index contributed by atoms with van der Waals surface area (Å²) in [7, 11) is 0. The molecule has 1 amide bonds. The Morgan fingerprint density at radius 2 is 2.13 bits per heavy atom. The Kier molecular flexibility index (Phi) is 6.36.